The van der Waals surface area contributed by atoms with Gasteiger partial charge in [0.1, 0.15) is 11.6 Å². The number of fused-ring (bicyclic) bond motifs is 1. The highest BCUT2D eigenvalue weighted by molar-refractivity contribution is 5.85. The van der Waals surface area contributed by atoms with E-state index in [0.29, 0.717) is 18.5 Å². The average Bonchev–Trinajstić information content (AvgIpc) is 2.95. The Morgan fingerprint density at radius 2 is 1.85 bits per heavy atom. The number of carboxylic acids is 1. The molecule has 27 heavy (non-hydrogen) atoms. The van der Waals surface area contributed by atoms with Gasteiger partial charge in [0.2, 0.25) is 0 Å². The number of ether oxygens (including phenoxy) is 1. The lowest BCUT2D eigenvalue weighted by atomic mass is 10.00. The summed E-state index contributed by atoms with van der Waals surface area (Å²) >= 11 is 0. The molecule has 0 aromatic heterocycles. The predicted molar refractivity (Wildman–Crippen MR) is 103 cm³/mol. The standard InChI is InChI=1S/C21H26N2O4/c1-21(2,3)27-20(26)16-10-11-23(18(16)22)17(19(24)25)15-9-8-13-6-4-5-7-14(13)12-15/h4-9,12,16-18H,10-11,22H2,1-3H3,(H,24,25)/t16-,17-,18+/m0/s1. The van der Waals surface area contributed by atoms with E-state index in [4.69, 9.17) is 10.5 Å². The largest absolute Gasteiger partial charge is 0.480 e. The average molecular weight is 370 g/mol. The number of benzene rings is 2. The summed E-state index contributed by atoms with van der Waals surface area (Å²) in [4.78, 5) is 26.2. The molecule has 1 aliphatic heterocycles. The van der Waals surface area contributed by atoms with E-state index >= 15 is 0 Å². The van der Waals surface area contributed by atoms with Crippen LogP contribution in [0.15, 0.2) is 42.5 Å². The number of esters is 1. The first-order valence-electron chi connectivity index (χ1n) is 9.13. The molecule has 3 rings (SSSR count). The Labute approximate surface area is 158 Å². The summed E-state index contributed by atoms with van der Waals surface area (Å²) in [6.45, 7) is 5.84. The normalized spacial score (nSPS) is 21.9. The van der Waals surface area contributed by atoms with E-state index in [0.717, 1.165) is 10.8 Å². The summed E-state index contributed by atoms with van der Waals surface area (Å²) in [5.41, 5.74) is 6.35. The van der Waals surface area contributed by atoms with Gasteiger partial charge in [-0.2, -0.15) is 0 Å². The molecule has 0 amide bonds. The van der Waals surface area contributed by atoms with Crippen LogP contribution in [0.25, 0.3) is 10.8 Å². The third kappa shape index (κ3) is 4.12. The van der Waals surface area contributed by atoms with Crippen LogP contribution < -0.4 is 5.73 Å². The van der Waals surface area contributed by atoms with Gasteiger partial charge in [0, 0.05) is 6.54 Å². The van der Waals surface area contributed by atoms with Gasteiger partial charge < -0.3 is 15.6 Å². The molecular weight excluding hydrogens is 344 g/mol. The molecule has 6 heteroatoms. The molecule has 0 saturated carbocycles. The van der Waals surface area contributed by atoms with E-state index in [1.54, 1.807) is 25.7 Å². The van der Waals surface area contributed by atoms with Gasteiger partial charge in [-0.05, 0) is 49.6 Å². The van der Waals surface area contributed by atoms with Crippen LogP contribution >= 0.6 is 0 Å². The van der Waals surface area contributed by atoms with Crippen LogP contribution in [-0.2, 0) is 14.3 Å². The summed E-state index contributed by atoms with van der Waals surface area (Å²) in [6.07, 6.45) is -0.222. The van der Waals surface area contributed by atoms with Crippen molar-refractivity contribution in [1.29, 1.82) is 0 Å². The predicted octanol–water partition coefficient (Wildman–Crippen LogP) is 2.91. The van der Waals surface area contributed by atoms with Crippen molar-refractivity contribution in [2.45, 2.75) is 45.0 Å². The molecule has 0 spiro atoms. The maximum absolute atomic E-state index is 12.4. The molecule has 1 aliphatic rings. The Morgan fingerprint density at radius 3 is 2.48 bits per heavy atom. The van der Waals surface area contributed by atoms with Crippen molar-refractivity contribution in [2.24, 2.45) is 11.7 Å². The van der Waals surface area contributed by atoms with Crippen LogP contribution in [-0.4, -0.2) is 40.3 Å². The number of hydrogen-bond donors (Lipinski definition) is 2. The first-order valence-corrected chi connectivity index (χ1v) is 9.13. The SMILES string of the molecule is CC(C)(C)OC(=O)[C@H]1CCN([C@H](C(=O)O)c2ccc3ccccc3c2)[C@H]1N. The van der Waals surface area contributed by atoms with Crippen molar-refractivity contribution in [2.75, 3.05) is 6.54 Å². The minimum absolute atomic E-state index is 0.375. The maximum Gasteiger partial charge on any atom is 0.325 e. The number of nitrogens with two attached hydrogens (primary N) is 1. The number of nitrogens with zero attached hydrogens (tertiary/aromatic N) is 1. The highest BCUT2D eigenvalue weighted by Crippen LogP contribution is 2.33. The number of hydrogen-bond acceptors (Lipinski definition) is 5. The summed E-state index contributed by atoms with van der Waals surface area (Å²) < 4.78 is 5.45. The molecule has 144 valence electrons. The van der Waals surface area contributed by atoms with Gasteiger partial charge in [-0.1, -0.05) is 36.4 Å². The van der Waals surface area contributed by atoms with Crippen molar-refractivity contribution in [3.05, 3.63) is 48.0 Å². The number of likely N-dealkylation sites (tertiary alicyclic amines) is 1. The lowest BCUT2D eigenvalue weighted by molar-refractivity contribution is -0.161. The molecule has 1 saturated heterocycles. The molecule has 3 N–H and O–H groups in total. The van der Waals surface area contributed by atoms with Crippen molar-refractivity contribution in [1.82, 2.24) is 4.90 Å². The second kappa shape index (κ2) is 7.29. The number of carbonyl (C=O) groups is 2. The fourth-order valence-electron chi connectivity index (χ4n) is 3.63. The second-order valence-corrected chi connectivity index (χ2v) is 8.00. The lowest BCUT2D eigenvalue weighted by Gasteiger charge is -2.30. The Kier molecular flexibility index (Phi) is 5.22. The van der Waals surface area contributed by atoms with Crippen LogP contribution in [0.1, 0.15) is 38.8 Å². The Balaban J connectivity index is 1.87. The molecule has 0 aliphatic carbocycles. The summed E-state index contributed by atoms with van der Waals surface area (Å²) in [5.74, 6) is -1.89. The number of carboxylic acid groups (broad SMARTS) is 1. The lowest BCUT2D eigenvalue weighted by Crippen LogP contribution is -2.47. The maximum atomic E-state index is 12.4. The monoisotopic (exact) mass is 370 g/mol. The van der Waals surface area contributed by atoms with Gasteiger partial charge in [0.25, 0.3) is 0 Å². The zero-order valence-electron chi connectivity index (χ0n) is 15.9. The molecule has 2 aromatic carbocycles. The molecule has 1 heterocycles. The molecule has 0 unspecified atom stereocenters. The summed E-state index contributed by atoms with van der Waals surface area (Å²) in [7, 11) is 0. The van der Waals surface area contributed by atoms with Crippen LogP contribution in [0, 0.1) is 5.92 Å². The van der Waals surface area contributed by atoms with Crippen LogP contribution in [0.2, 0.25) is 0 Å². The molecule has 3 atom stereocenters. The molecule has 0 bridgehead atoms. The minimum atomic E-state index is -0.981. The zero-order chi connectivity index (χ0) is 19.8. The van der Waals surface area contributed by atoms with E-state index in [-0.39, 0.29) is 5.97 Å². The van der Waals surface area contributed by atoms with Gasteiger partial charge >= 0.3 is 11.9 Å². The van der Waals surface area contributed by atoms with Crippen molar-refractivity contribution < 1.29 is 19.4 Å². The van der Waals surface area contributed by atoms with Gasteiger partial charge in [0.05, 0.1) is 12.1 Å². The van der Waals surface area contributed by atoms with E-state index < -0.39 is 29.7 Å². The fourth-order valence-corrected chi connectivity index (χ4v) is 3.63. The molecule has 2 aromatic rings. The van der Waals surface area contributed by atoms with Gasteiger partial charge in [0.15, 0.2) is 0 Å². The van der Waals surface area contributed by atoms with E-state index in [1.807, 2.05) is 42.5 Å². The first kappa shape index (κ1) is 19.3. The highest BCUT2D eigenvalue weighted by Gasteiger charge is 2.44. The smallest absolute Gasteiger partial charge is 0.325 e. The minimum Gasteiger partial charge on any atom is -0.480 e. The Morgan fingerprint density at radius 1 is 1.19 bits per heavy atom. The Hall–Kier alpha value is -2.44. The molecule has 0 radical (unpaired) electrons. The van der Waals surface area contributed by atoms with Gasteiger partial charge in [-0.25, -0.2) is 0 Å². The first-order chi connectivity index (χ1) is 12.7. The van der Waals surface area contributed by atoms with E-state index in [1.165, 1.54) is 0 Å². The number of aliphatic carboxylic acids is 1. The van der Waals surface area contributed by atoms with Gasteiger partial charge in [-0.15, -0.1) is 0 Å². The van der Waals surface area contributed by atoms with Crippen molar-refractivity contribution >= 4 is 22.7 Å². The molecule has 1 fully saturated rings. The van der Waals surface area contributed by atoms with Crippen molar-refractivity contribution in [3.8, 4) is 0 Å². The number of carbonyl (C=O) groups excluding carboxylic acids is 1. The second-order valence-electron chi connectivity index (χ2n) is 8.00. The zero-order valence-corrected chi connectivity index (χ0v) is 15.9. The molecular formula is C21H26N2O4. The quantitative estimate of drug-likeness (QED) is 0.804. The van der Waals surface area contributed by atoms with E-state index in [2.05, 4.69) is 0 Å². The third-order valence-electron chi connectivity index (χ3n) is 4.86. The van der Waals surface area contributed by atoms with Crippen LogP contribution in [0.3, 0.4) is 0 Å². The summed E-state index contributed by atoms with van der Waals surface area (Å²) in [5, 5.41) is 11.9. The molecule has 6 nitrogen and oxygen atoms in total. The van der Waals surface area contributed by atoms with Crippen LogP contribution in [0.4, 0.5) is 0 Å². The summed E-state index contributed by atoms with van der Waals surface area (Å²) in [6, 6.07) is 12.5. The topological polar surface area (TPSA) is 92.9 Å². The Bertz CT molecular complexity index is 859. The van der Waals surface area contributed by atoms with Crippen molar-refractivity contribution in [3.63, 3.8) is 0 Å². The number of rotatable bonds is 4. The van der Waals surface area contributed by atoms with Crippen LogP contribution in [0.5, 0.6) is 0 Å². The highest BCUT2D eigenvalue weighted by atomic mass is 16.6. The fraction of sp³-hybridized carbons (Fsp3) is 0.429. The third-order valence-corrected chi connectivity index (χ3v) is 4.86. The van der Waals surface area contributed by atoms with E-state index in [9.17, 15) is 14.7 Å². The van der Waals surface area contributed by atoms with Gasteiger partial charge in [-0.3, -0.25) is 14.5 Å².